The van der Waals surface area contributed by atoms with Crippen LogP contribution >= 0.6 is 9.18 Å². The molecular weight excluding hydrogens is 1150 g/mol. The van der Waals surface area contributed by atoms with Crippen molar-refractivity contribution in [2.75, 3.05) is 21.3 Å². The third kappa shape index (κ3) is 15.1. The molecule has 13 rings (SSSR count). The van der Waals surface area contributed by atoms with E-state index < -0.39 is 0 Å². The molecule has 12 aromatic carbocycles. The first kappa shape index (κ1) is 63.2. The van der Waals surface area contributed by atoms with Crippen LogP contribution in [0.5, 0.6) is 0 Å². The molecule has 94 heavy (non-hydrogen) atoms. The number of aryl methyl sites for hydroxylation is 10. The summed E-state index contributed by atoms with van der Waals surface area (Å²) < 4.78 is 12.6. The summed E-state index contributed by atoms with van der Waals surface area (Å²) in [4.78, 5) is 7.09. The van der Waals surface area contributed by atoms with E-state index in [1.807, 2.05) is 0 Å². The average molecular weight is 1250 g/mol. The van der Waals surface area contributed by atoms with E-state index in [-0.39, 0.29) is 27.2 Å². The van der Waals surface area contributed by atoms with E-state index in [9.17, 15) is 0 Å². The fourth-order valence-electron chi connectivity index (χ4n) is 13.9. The zero-order valence-corrected chi connectivity index (χ0v) is 57.7. The molecule has 3 nitrogen and oxygen atoms in total. The van der Waals surface area contributed by atoms with Crippen LogP contribution in [0, 0.1) is 69.2 Å². The van der Waals surface area contributed by atoms with Gasteiger partial charge in [-0.25, -0.2) is 0 Å². The van der Waals surface area contributed by atoms with Crippen LogP contribution in [-0.2, 0) is 5.41 Å². The summed E-state index contributed by atoms with van der Waals surface area (Å²) in [5.74, 6) is 0.205. The van der Waals surface area contributed by atoms with Gasteiger partial charge in [-0.15, -0.1) is 9.18 Å². The normalized spacial score (nSPS) is 12.8. The second kappa shape index (κ2) is 30.0. The third-order valence-corrected chi connectivity index (χ3v) is 18.9. The summed E-state index contributed by atoms with van der Waals surface area (Å²) in [6, 6.07) is 104. The van der Waals surface area contributed by atoms with Crippen LogP contribution in [0.3, 0.4) is 0 Å². The standard InChI is InChI=1S/C47H47N.C42H40N2.CH5P/c1-34-8-16-38(17-9-34)46(39-18-10-35(2)11-19-39)40-20-22-41(23-21-40)47(32-6-5-7-33-47)42-24-30-45(31-25-42)48(43-26-12-36(3)13-27-43)44-28-14-37(4)15-29-44;1-29-11-7-15-35(23-29)43(36-16-8-12-30(2)24-36)39-19-21-41(33(5)27-39)42-22-20-40(28-34(42)6)44(37-17-9-13-31(3)25-37)38-18-10-14-32(4)26-38;1-2/h8-31,46H,5-7,32-33H2,1-4H3;7-28H,1-6H3;2H2,1H3/i;;1T,2D. The van der Waals surface area contributed by atoms with Gasteiger partial charge in [-0.1, -0.05) is 218 Å². The minimum atomic E-state index is 0.0249. The molecular formula is C90H92N3P. The summed E-state index contributed by atoms with van der Waals surface area (Å²) in [5, 5.41) is 0. The first-order chi connectivity index (χ1) is 46.6. The van der Waals surface area contributed by atoms with Gasteiger partial charge in [0.25, 0.3) is 0 Å². The predicted octanol–water partition coefficient (Wildman–Crippen LogP) is 25.5. The van der Waals surface area contributed by atoms with Crippen molar-refractivity contribution in [2.24, 2.45) is 0 Å². The van der Waals surface area contributed by atoms with E-state index in [1.165, 1.54) is 144 Å². The van der Waals surface area contributed by atoms with Crippen LogP contribution in [0.4, 0.5) is 51.2 Å². The van der Waals surface area contributed by atoms with Gasteiger partial charge in [0, 0.05) is 63.9 Å². The van der Waals surface area contributed by atoms with Crippen LogP contribution in [0.25, 0.3) is 11.1 Å². The first-order valence-electron chi connectivity index (χ1n) is 34.6. The van der Waals surface area contributed by atoms with Crippen LogP contribution in [0.2, 0.25) is 0 Å². The van der Waals surface area contributed by atoms with Crippen LogP contribution < -0.4 is 14.7 Å². The highest BCUT2D eigenvalue weighted by Crippen LogP contribution is 2.48. The third-order valence-electron chi connectivity index (χ3n) is 18.9. The van der Waals surface area contributed by atoms with Gasteiger partial charge in [-0.2, -0.15) is 0 Å². The van der Waals surface area contributed by atoms with E-state index in [4.69, 9.17) is 2.65 Å². The maximum atomic E-state index is 6.29. The molecule has 12 aromatic rings. The minimum Gasteiger partial charge on any atom is -0.311 e. The lowest BCUT2D eigenvalue weighted by molar-refractivity contribution is 0.346. The molecule has 0 amide bonds. The zero-order chi connectivity index (χ0) is 67.3. The van der Waals surface area contributed by atoms with Crippen molar-refractivity contribution < 1.29 is 1.37 Å². The van der Waals surface area contributed by atoms with Gasteiger partial charge in [-0.3, -0.25) is 0 Å². The van der Waals surface area contributed by atoms with Crippen molar-refractivity contribution in [1.29, 1.82) is 1.28 Å². The quantitative estimate of drug-likeness (QED) is 0.0748. The Labute approximate surface area is 567 Å². The molecule has 0 spiro atoms. The Hall–Kier alpha value is -9.53. The summed E-state index contributed by atoms with van der Waals surface area (Å²) in [7, 11) is 0.0571. The Kier molecular flexibility index (Phi) is 20.2. The molecule has 4 heteroatoms. The number of hydrogen-bond acceptors (Lipinski definition) is 3. The largest absolute Gasteiger partial charge is 0.311 e. The molecule has 0 bridgehead atoms. The second-order valence-electron chi connectivity index (χ2n) is 26.1. The molecule has 1 unspecified atom stereocenters. The number of rotatable bonds is 15. The van der Waals surface area contributed by atoms with E-state index in [1.54, 1.807) is 0 Å². The molecule has 1 fully saturated rings. The van der Waals surface area contributed by atoms with Crippen molar-refractivity contribution in [3.8, 4) is 11.1 Å². The summed E-state index contributed by atoms with van der Waals surface area (Å²) in [6.07, 6.45) is 6.21. The highest BCUT2D eigenvalue weighted by molar-refractivity contribution is 7.15. The maximum Gasteiger partial charge on any atom is 0.0543 e. The number of anilines is 9. The van der Waals surface area contributed by atoms with Gasteiger partial charge in [-0.05, 0) is 264 Å². The monoisotopic (exact) mass is 1250 g/mol. The van der Waals surface area contributed by atoms with E-state index in [0.717, 1.165) is 34.1 Å². The van der Waals surface area contributed by atoms with Crippen molar-refractivity contribution >= 4 is 60.4 Å². The van der Waals surface area contributed by atoms with Gasteiger partial charge in [0.15, 0.2) is 0 Å². The SMILES string of the molecule is Cc1ccc(C(c2ccc(C)cc2)c2ccc(C3(c4ccc(N(c5ccc(C)cc5)c5ccc(C)cc5)cc4)CCCCC3)cc2)cc1.Cc1cccc(N(c2cccc(C)c2)c2ccc(-c3ccc(N(c4cccc(C)c4)c4cccc(C)c4)cc3C)c(C)c2)c1.[2H]PC[3H]. The Bertz CT molecular complexity index is 4050. The van der Waals surface area contributed by atoms with E-state index in [0.29, 0.717) is 0 Å². The molecule has 0 aliphatic heterocycles. The molecule has 0 saturated heterocycles. The molecule has 0 N–H and O–H groups in total. The van der Waals surface area contributed by atoms with Gasteiger partial charge in [0.05, 0.1) is 1.28 Å². The smallest absolute Gasteiger partial charge is 0.0543 e. The molecule has 1 aliphatic carbocycles. The Morgan fingerprint density at radius 1 is 0.309 bits per heavy atom. The first-order valence-corrected chi connectivity index (χ1v) is 34.1. The molecule has 0 heterocycles. The number of nitrogens with zero attached hydrogens (tertiary/aromatic N) is 3. The van der Waals surface area contributed by atoms with Crippen LogP contribution in [-0.4, -0.2) is 7.92 Å². The summed E-state index contributed by atoms with van der Waals surface area (Å²) in [5.41, 5.74) is 32.5. The van der Waals surface area contributed by atoms with Crippen molar-refractivity contribution in [2.45, 2.75) is 113 Å². The Morgan fingerprint density at radius 2 is 0.574 bits per heavy atom. The molecule has 1 atom stereocenters. The van der Waals surface area contributed by atoms with Crippen molar-refractivity contribution in [3.05, 3.63) is 363 Å². The van der Waals surface area contributed by atoms with Gasteiger partial charge < -0.3 is 14.7 Å². The van der Waals surface area contributed by atoms with Crippen molar-refractivity contribution in [3.63, 3.8) is 0 Å². The fourth-order valence-corrected chi connectivity index (χ4v) is 13.9. The van der Waals surface area contributed by atoms with E-state index in [2.05, 4.69) is 363 Å². The van der Waals surface area contributed by atoms with Crippen molar-refractivity contribution in [1.82, 2.24) is 0 Å². The van der Waals surface area contributed by atoms with Gasteiger partial charge in [0.2, 0.25) is 0 Å². The molecule has 1 saturated carbocycles. The lowest BCUT2D eigenvalue weighted by Gasteiger charge is -2.39. The zero-order valence-electron chi connectivity index (χ0n) is 58.7. The van der Waals surface area contributed by atoms with Crippen LogP contribution in [0.15, 0.2) is 279 Å². The summed E-state index contributed by atoms with van der Waals surface area (Å²) in [6.45, 7) is 21.9. The minimum absolute atomic E-state index is 0.0249. The molecule has 0 aromatic heterocycles. The van der Waals surface area contributed by atoms with Crippen LogP contribution in [0.1, 0.15) is 123 Å². The topological polar surface area (TPSA) is 9.72 Å². The molecule has 1 aliphatic rings. The Balaban J connectivity index is 0.000000185. The number of benzene rings is 12. The highest BCUT2D eigenvalue weighted by atomic mass is 31.0. The lowest BCUT2D eigenvalue weighted by atomic mass is 9.65. The second-order valence-corrected chi connectivity index (χ2v) is 26.1. The van der Waals surface area contributed by atoms with Gasteiger partial charge >= 0.3 is 0 Å². The maximum absolute atomic E-state index is 6.29. The highest BCUT2D eigenvalue weighted by Gasteiger charge is 2.36. The number of hydrogen-bond donors (Lipinski definition) is 0. The average Bonchev–Trinajstić information content (AvgIpc) is 0.765. The summed E-state index contributed by atoms with van der Waals surface area (Å²) >= 11 is 0. The molecule has 472 valence electrons. The van der Waals surface area contributed by atoms with Gasteiger partial charge in [0.1, 0.15) is 0 Å². The van der Waals surface area contributed by atoms with E-state index >= 15 is 0 Å². The predicted molar refractivity (Wildman–Crippen MR) is 410 cm³/mol. The lowest BCUT2D eigenvalue weighted by Crippen LogP contribution is -2.30. The molecule has 0 radical (unpaired) electrons. The Morgan fingerprint density at radius 3 is 0.883 bits per heavy atom. The fraction of sp³-hybridized carbons (Fsp3) is 0.200.